The van der Waals surface area contributed by atoms with Crippen LogP contribution in [0.1, 0.15) is 40.6 Å². The molecule has 7 nitrogen and oxygen atoms in total. The van der Waals surface area contributed by atoms with Gasteiger partial charge in [0.1, 0.15) is 5.75 Å². The second kappa shape index (κ2) is 12.5. The van der Waals surface area contributed by atoms with Crippen LogP contribution in [0.4, 0.5) is 23.7 Å². The van der Waals surface area contributed by atoms with Gasteiger partial charge in [0, 0.05) is 17.6 Å². The first-order chi connectivity index (χ1) is 17.6. The number of alkyl carbamates (subject to hydrolysis) is 1. The third kappa shape index (κ3) is 8.43. The number of anilines is 1. The Bertz CT molecular complexity index is 1200. The molecule has 2 amide bonds. The van der Waals surface area contributed by atoms with Crippen molar-refractivity contribution in [1.82, 2.24) is 5.32 Å². The molecule has 0 saturated carbocycles. The smallest absolute Gasteiger partial charge is 0.439 e. The van der Waals surface area contributed by atoms with Gasteiger partial charge in [0.05, 0.1) is 18.3 Å². The van der Waals surface area contributed by atoms with E-state index in [0.717, 1.165) is 12.1 Å². The van der Waals surface area contributed by atoms with Crippen LogP contribution in [0.25, 0.3) is 0 Å². The van der Waals surface area contributed by atoms with Gasteiger partial charge < -0.3 is 24.8 Å². The summed E-state index contributed by atoms with van der Waals surface area (Å²) in [4.78, 5) is 25.7. The van der Waals surface area contributed by atoms with Gasteiger partial charge in [-0.05, 0) is 54.4 Å². The molecule has 2 atom stereocenters. The molecule has 0 aromatic heterocycles. The van der Waals surface area contributed by atoms with Crippen molar-refractivity contribution in [3.63, 3.8) is 0 Å². The first-order valence-electron chi connectivity index (χ1n) is 11.1. The minimum Gasteiger partial charge on any atom is -0.439 e. The van der Waals surface area contributed by atoms with E-state index < -0.39 is 24.6 Å². The molecule has 37 heavy (non-hydrogen) atoms. The summed E-state index contributed by atoms with van der Waals surface area (Å²) in [5.74, 6) is -0.686. The van der Waals surface area contributed by atoms with E-state index in [4.69, 9.17) is 9.47 Å². The van der Waals surface area contributed by atoms with Crippen LogP contribution in [0, 0.1) is 0 Å². The first kappa shape index (κ1) is 27.9. The highest BCUT2D eigenvalue weighted by atomic mass is 32.1. The van der Waals surface area contributed by atoms with Crippen molar-refractivity contribution in [1.29, 1.82) is 0 Å². The maximum Gasteiger partial charge on any atom is 0.573 e. The number of methoxy groups -OCH3 is 1. The van der Waals surface area contributed by atoms with Gasteiger partial charge in [-0.3, -0.25) is 4.79 Å². The number of para-hydroxylation sites is 1. The quantitative estimate of drug-likeness (QED) is 0.281. The Morgan fingerprint density at radius 3 is 2.16 bits per heavy atom. The zero-order chi connectivity index (χ0) is 27.0. The average molecular weight is 535 g/mol. The number of hydrogen-bond donors (Lipinski definition) is 3. The van der Waals surface area contributed by atoms with E-state index in [0.29, 0.717) is 27.3 Å². The van der Waals surface area contributed by atoms with Gasteiger partial charge in [-0.2, -0.15) is 0 Å². The maximum atomic E-state index is 12.6. The summed E-state index contributed by atoms with van der Waals surface area (Å²) in [6.45, 7) is 1.71. The monoisotopic (exact) mass is 534 g/mol. The Hall–Kier alpha value is -3.70. The third-order valence-electron chi connectivity index (χ3n) is 5.21. The van der Waals surface area contributed by atoms with Crippen LogP contribution in [0.15, 0.2) is 77.7 Å². The summed E-state index contributed by atoms with van der Waals surface area (Å²) in [6.07, 6.45) is -6.31. The summed E-state index contributed by atoms with van der Waals surface area (Å²) in [6, 6.07) is 18.2. The number of alkyl halides is 3. The molecule has 0 aliphatic rings. The molecule has 0 aliphatic heterocycles. The number of nitrogens with one attached hydrogen (secondary N) is 2. The molecular weight excluding hydrogens is 509 g/mol. The van der Waals surface area contributed by atoms with E-state index in [2.05, 4.69) is 28.0 Å². The largest absolute Gasteiger partial charge is 0.573 e. The van der Waals surface area contributed by atoms with Crippen LogP contribution in [0.3, 0.4) is 0 Å². The number of carbonyl (C=O) groups is 2. The number of carbonyl (C=O) groups excluding carboxylic acids is 2. The van der Waals surface area contributed by atoms with Gasteiger partial charge in [-0.15, -0.1) is 25.8 Å². The Balaban J connectivity index is 1.60. The molecule has 0 spiro atoms. The van der Waals surface area contributed by atoms with Crippen molar-refractivity contribution in [3.8, 4) is 5.75 Å². The molecule has 3 aromatic carbocycles. The number of hydrogen-bond acceptors (Lipinski definition) is 6. The Morgan fingerprint density at radius 2 is 1.57 bits per heavy atom. The van der Waals surface area contributed by atoms with Crippen LogP contribution in [-0.2, 0) is 9.47 Å². The Morgan fingerprint density at radius 1 is 0.946 bits per heavy atom. The second-order valence-corrected chi connectivity index (χ2v) is 8.41. The van der Waals surface area contributed by atoms with E-state index in [-0.39, 0.29) is 18.3 Å². The third-order valence-corrected chi connectivity index (χ3v) is 5.60. The van der Waals surface area contributed by atoms with Crippen molar-refractivity contribution in [2.75, 3.05) is 19.0 Å². The van der Waals surface area contributed by atoms with E-state index in [1.54, 1.807) is 49.4 Å². The predicted octanol–water partition coefficient (Wildman–Crippen LogP) is 6.30. The molecule has 0 heterocycles. The molecule has 2 N–H and O–H groups in total. The number of halogens is 3. The van der Waals surface area contributed by atoms with E-state index in [9.17, 15) is 22.8 Å². The molecule has 196 valence electrons. The lowest BCUT2D eigenvalue weighted by Crippen LogP contribution is -2.29. The van der Waals surface area contributed by atoms with Gasteiger partial charge >= 0.3 is 12.5 Å². The van der Waals surface area contributed by atoms with Crippen molar-refractivity contribution in [3.05, 3.63) is 89.5 Å². The summed E-state index contributed by atoms with van der Waals surface area (Å²) in [7, 11) is 1.46. The topological polar surface area (TPSA) is 85.9 Å². The molecule has 0 saturated heterocycles. The molecule has 0 aliphatic carbocycles. The van der Waals surface area contributed by atoms with Crippen molar-refractivity contribution in [2.45, 2.75) is 30.3 Å². The molecule has 0 radical (unpaired) electrons. The number of thiol groups is 1. The Labute approximate surface area is 217 Å². The summed E-state index contributed by atoms with van der Waals surface area (Å²) in [5.41, 5.74) is 2.12. The first-order valence-corrected chi connectivity index (χ1v) is 11.5. The van der Waals surface area contributed by atoms with Gasteiger partial charge in [0.2, 0.25) is 0 Å². The van der Waals surface area contributed by atoms with Gasteiger partial charge in [0.15, 0.2) is 6.10 Å². The van der Waals surface area contributed by atoms with Crippen LogP contribution in [0.2, 0.25) is 0 Å². The number of ether oxygens (including phenoxy) is 3. The van der Waals surface area contributed by atoms with E-state index in [1.165, 1.54) is 19.2 Å². The minimum atomic E-state index is -4.79. The van der Waals surface area contributed by atoms with Gasteiger partial charge in [-0.25, -0.2) is 4.79 Å². The zero-order valence-corrected chi connectivity index (χ0v) is 20.8. The average Bonchev–Trinajstić information content (AvgIpc) is 2.84. The van der Waals surface area contributed by atoms with Crippen molar-refractivity contribution in [2.24, 2.45) is 0 Å². The zero-order valence-electron chi connectivity index (χ0n) is 19.9. The molecule has 3 aromatic rings. The van der Waals surface area contributed by atoms with Crippen LogP contribution >= 0.6 is 12.6 Å². The van der Waals surface area contributed by atoms with Gasteiger partial charge in [-0.1, -0.05) is 36.4 Å². The molecule has 0 unspecified atom stereocenters. The number of amides is 2. The fourth-order valence-corrected chi connectivity index (χ4v) is 3.57. The molecule has 0 bridgehead atoms. The van der Waals surface area contributed by atoms with Crippen molar-refractivity contribution < 1.29 is 37.0 Å². The highest BCUT2D eigenvalue weighted by Crippen LogP contribution is 2.25. The standard InChI is InChI=1S/C26H25F3N2O5S/c1-16(17-11-13-20(14-12-17)36-26(27,28)29)30-25(33)35-22(15-34-2)18-7-9-19(10-8-18)24(32)31-21-5-3-4-6-23(21)37/h3-14,16,22,37H,15H2,1-2H3,(H,30,33)(H,31,32)/t16-,22+/m0/s1. The Kier molecular flexibility index (Phi) is 9.42. The van der Waals surface area contributed by atoms with E-state index >= 15 is 0 Å². The predicted molar refractivity (Wildman–Crippen MR) is 134 cm³/mol. The summed E-state index contributed by atoms with van der Waals surface area (Å²) in [5, 5.41) is 5.42. The highest BCUT2D eigenvalue weighted by molar-refractivity contribution is 7.80. The normalized spacial score (nSPS) is 12.8. The molecule has 3 rings (SSSR count). The van der Waals surface area contributed by atoms with Crippen LogP contribution in [0.5, 0.6) is 5.75 Å². The van der Waals surface area contributed by atoms with Gasteiger partial charge in [0.25, 0.3) is 5.91 Å². The number of benzene rings is 3. The fraction of sp³-hybridized carbons (Fsp3) is 0.231. The summed E-state index contributed by atoms with van der Waals surface area (Å²) < 4.78 is 51.5. The van der Waals surface area contributed by atoms with Crippen molar-refractivity contribution >= 4 is 30.3 Å². The number of rotatable bonds is 9. The van der Waals surface area contributed by atoms with E-state index in [1.807, 2.05) is 6.07 Å². The molecule has 11 heteroatoms. The lowest BCUT2D eigenvalue weighted by atomic mass is 10.1. The summed E-state index contributed by atoms with van der Waals surface area (Å²) >= 11 is 4.32. The molecule has 0 fully saturated rings. The lowest BCUT2D eigenvalue weighted by Gasteiger charge is -2.21. The lowest BCUT2D eigenvalue weighted by molar-refractivity contribution is -0.274. The highest BCUT2D eigenvalue weighted by Gasteiger charge is 2.31. The molecular formula is C26H25F3N2O5S. The van der Waals surface area contributed by atoms with Crippen LogP contribution < -0.4 is 15.4 Å². The fourth-order valence-electron chi connectivity index (χ4n) is 3.35. The maximum absolute atomic E-state index is 12.6. The minimum absolute atomic E-state index is 0.0594. The van der Waals surface area contributed by atoms with Crippen LogP contribution in [-0.4, -0.2) is 32.1 Å². The second-order valence-electron chi connectivity index (χ2n) is 7.93. The SMILES string of the molecule is COC[C@@H](OC(=O)N[C@@H](C)c1ccc(OC(F)(F)F)cc1)c1ccc(C(=O)Nc2ccccc2S)cc1.